The summed E-state index contributed by atoms with van der Waals surface area (Å²) < 4.78 is 5.57. The molecule has 0 atom stereocenters. The van der Waals surface area contributed by atoms with Gasteiger partial charge in [-0.2, -0.15) is 12.6 Å². The maximum absolute atomic E-state index is 5.57. The molecule has 0 aliphatic heterocycles. The Labute approximate surface area is 98.3 Å². The molecule has 0 aromatic heterocycles. The molecule has 15 heavy (non-hydrogen) atoms. The maximum Gasteiger partial charge on any atom is 0.119 e. The molecule has 0 radical (unpaired) electrons. The fourth-order valence-electron chi connectivity index (χ4n) is 1.31. The summed E-state index contributed by atoms with van der Waals surface area (Å²) in [5, 5.41) is 0. The summed E-state index contributed by atoms with van der Waals surface area (Å²) in [6.07, 6.45) is 0.990. The quantitative estimate of drug-likeness (QED) is 0.606. The van der Waals surface area contributed by atoms with E-state index in [9.17, 15) is 0 Å². The van der Waals surface area contributed by atoms with Gasteiger partial charge in [0.05, 0.1) is 6.61 Å². The van der Waals surface area contributed by atoms with Crippen molar-refractivity contribution in [1.82, 2.24) is 0 Å². The molecule has 0 amide bonds. The van der Waals surface area contributed by atoms with Crippen molar-refractivity contribution in [1.29, 1.82) is 0 Å². The third-order valence-corrected chi connectivity index (χ3v) is 2.61. The van der Waals surface area contributed by atoms with Crippen LogP contribution in [0.4, 0.5) is 0 Å². The van der Waals surface area contributed by atoms with E-state index >= 15 is 0 Å². The molecule has 1 rings (SSSR count). The summed E-state index contributed by atoms with van der Waals surface area (Å²) in [6, 6.07) is 8.35. The van der Waals surface area contributed by atoms with Crippen LogP contribution in [0.15, 0.2) is 24.3 Å². The van der Waals surface area contributed by atoms with Gasteiger partial charge in [-0.15, -0.1) is 0 Å². The summed E-state index contributed by atoms with van der Waals surface area (Å²) in [6.45, 7) is 7.38. The molecule has 0 saturated carbocycles. The fourth-order valence-corrected chi connectivity index (χ4v) is 1.43. The Morgan fingerprint density at radius 3 is 2.20 bits per heavy atom. The van der Waals surface area contributed by atoms with Gasteiger partial charge in [0.25, 0.3) is 0 Å². The van der Waals surface area contributed by atoms with E-state index in [1.54, 1.807) is 0 Å². The van der Waals surface area contributed by atoms with Crippen LogP contribution < -0.4 is 4.74 Å². The zero-order chi connectivity index (χ0) is 11.3. The van der Waals surface area contributed by atoms with Gasteiger partial charge in [0.15, 0.2) is 0 Å². The Morgan fingerprint density at radius 1 is 1.13 bits per heavy atom. The molecular formula is C13H20OS. The second-order valence-electron chi connectivity index (χ2n) is 4.70. The van der Waals surface area contributed by atoms with Crippen LogP contribution in [0.3, 0.4) is 0 Å². The molecule has 0 aliphatic carbocycles. The van der Waals surface area contributed by atoms with E-state index in [-0.39, 0.29) is 5.41 Å². The second-order valence-corrected chi connectivity index (χ2v) is 5.15. The molecule has 0 fully saturated rings. The van der Waals surface area contributed by atoms with Crippen molar-refractivity contribution < 1.29 is 4.74 Å². The predicted molar refractivity (Wildman–Crippen MR) is 69.1 cm³/mol. The second kappa shape index (κ2) is 5.45. The number of hydrogen-bond acceptors (Lipinski definition) is 2. The van der Waals surface area contributed by atoms with Crippen molar-refractivity contribution in [3.8, 4) is 5.75 Å². The van der Waals surface area contributed by atoms with E-state index in [2.05, 4.69) is 45.5 Å². The SMILES string of the molecule is CC(C)(C)c1ccc(OCCCS)cc1. The molecule has 1 aromatic rings. The van der Waals surface area contributed by atoms with Gasteiger partial charge in [-0.1, -0.05) is 32.9 Å². The largest absolute Gasteiger partial charge is 0.494 e. The Bertz CT molecular complexity index is 284. The van der Waals surface area contributed by atoms with Crippen LogP contribution in [0.2, 0.25) is 0 Å². The molecule has 0 saturated heterocycles. The molecule has 84 valence electrons. The van der Waals surface area contributed by atoms with Gasteiger partial charge >= 0.3 is 0 Å². The number of thiol groups is 1. The molecule has 1 aromatic carbocycles. The van der Waals surface area contributed by atoms with E-state index in [0.717, 1.165) is 24.5 Å². The van der Waals surface area contributed by atoms with Gasteiger partial charge in [-0.3, -0.25) is 0 Å². The fraction of sp³-hybridized carbons (Fsp3) is 0.538. The van der Waals surface area contributed by atoms with Gasteiger partial charge < -0.3 is 4.74 Å². The van der Waals surface area contributed by atoms with Gasteiger partial charge in [0.2, 0.25) is 0 Å². The standard InChI is InChI=1S/C13H20OS/c1-13(2,3)11-5-7-12(8-6-11)14-9-4-10-15/h5-8,15H,4,9-10H2,1-3H3. The highest BCUT2D eigenvalue weighted by molar-refractivity contribution is 7.80. The molecule has 0 N–H and O–H groups in total. The van der Waals surface area contributed by atoms with Gasteiger partial charge in [-0.25, -0.2) is 0 Å². The third-order valence-electron chi connectivity index (χ3n) is 2.29. The molecule has 0 aliphatic rings. The lowest BCUT2D eigenvalue weighted by Gasteiger charge is -2.19. The Kier molecular flexibility index (Phi) is 4.52. The smallest absolute Gasteiger partial charge is 0.119 e. The van der Waals surface area contributed by atoms with Crippen LogP contribution >= 0.6 is 12.6 Å². The first-order chi connectivity index (χ1) is 7.04. The normalized spacial score (nSPS) is 11.5. The van der Waals surface area contributed by atoms with Crippen LogP contribution in [0.1, 0.15) is 32.8 Å². The van der Waals surface area contributed by atoms with E-state index in [4.69, 9.17) is 4.74 Å². The number of ether oxygens (including phenoxy) is 1. The van der Waals surface area contributed by atoms with Crippen LogP contribution in [-0.2, 0) is 5.41 Å². The Balaban J connectivity index is 2.57. The molecule has 1 nitrogen and oxygen atoms in total. The highest BCUT2D eigenvalue weighted by atomic mass is 32.1. The van der Waals surface area contributed by atoms with Crippen molar-refractivity contribution in [2.75, 3.05) is 12.4 Å². The van der Waals surface area contributed by atoms with Crippen LogP contribution in [-0.4, -0.2) is 12.4 Å². The summed E-state index contributed by atoms with van der Waals surface area (Å²) >= 11 is 4.14. The first-order valence-electron chi connectivity index (χ1n) is 5.38. The van der Waals surface area contributed by atoms with Crippen molar-refractivity contribution in [2.24, 2.45) is 0 Å². The van der Waals surface area contributed by atoms with Crippen molar-refractivity contribution >= 4 is 12.6 Å². The van der Waals surface area contributed by atoms with E-state index in [0.29, 0.717) is 0 Å². The van der Waals surface area contributed by atoms with Gasteiger partial charge in [-0.05, 0) is 35.3 Å². The minimum absolute atomic E-state index is 0.212. The van der Waals surface area contributed by atoms with E-state index < -0.39 is 0 Å². The highest BCUT2D eigenvalue weighted by Crippen LogP contribution is 2.24. The maximum atomic E-state index is 5.57. The molecule has 0 bridgehead atoms. The lowest BCUT2D eigenvalue weighted by atomic mass is 9.87. The number of rotatable bonds is 4. The summed E-state index contributed by atoms with van der Waals surface area (Å²) in [5.41, 5.74) is 1.55. The average Bonchev–Trinajstić information content (AvgIpc) is 2.18. The minimum Gasteiger partial charge on any atom is -0.494 e. The predicted octanol–water partition coefficient (Wildman–Crippen LogP) is 3.68. The summed E-state index contributed by atoms with van der Waals surface area (Å²) in [7, 11) is 0. The molecular weight excluding hydrogens is 204 g/mol. The lowest BCUT2D eigenvalue weighted by Crippen LogP contribution is -2.10. The van der Waals surface area contributed by atoms with Crippen LogP contribution in [0.25, 0.3) is 0 Å². The number of hydrogen-bond donors (Lipinski definition) is 1. The van der Waals surface area contributed by atoms with Crippen LogP contribution in [0.5, 0.6) is 5.75 Å². The van der Waals surface area contributed by atoms with Gasteiger partial charge in [0.1, 0.15) is 5.75 Å². The monoisotopic (exact) mass is 224 g/mol. The first kappa shape index (κ1) is 12.4. The summed E-state index contributed by atoms with van der Waals surface area (Å²) in [5.74, 6) is 1.82. The first-order valence-corrected chi connectivity index (χ1v) is 6.01. The highest BCUT2D eigenvalue weighted by Gasteiger charge is 2.12. The Morgan fingerprint density at radius 2 is 1.73 bits per heavy atom. The minimum atomic E-state index is 0.212. The van der Waals surface area contributed by atoms with Crippen molar-refractivity contribution in [2.45, 2.75) is 32.6 Å². The Hall–Kier alpha value is -0.630. The molecule has 2 heteroatoms. The van der Waals surface area contributed by atoms with Gasteiger partial charge in [0, 0.05) is 0 Å². The number of benzene rings is 1. The zero-order valence-corrected chi connectivity index (χ0v) is 10.7. The van der Waals surface area contributed by atoms with Crippen molar-refractivity contribution in [3.05, 3.63) is 29.8 Å². The third kappa shape index (κ3) is 4.17. The lowest BCUT2D eigenvalue weighted by molar-refractivity contribution is 0.318. The average molecular weight is 224 g/mol. The zero-order valence-electron chi connectivity index (χ0n) is 9.79. The van der Waals surface area contributed by atoms with Crippen LogP contribution in [0, 0.1) is 0 Å². The molecule has 0 spiro atoms. The van der Waals surface area contributed by atoms with E-state index in [1.807, 2.05) is 12.1 Å². The van der Waals surface area contributed by atoms with Crippen molar-refractivity contribution in [3.63, 3.8) is 0 Å². The molecule has 0 heterocycles. The van der Waals surface area contributed by atoms with E-state index in [1.165, 1.54) is 5.56 Å². The molecule has 0 unspecified atom stereocenters. The summed E-state index contributed by atoms with van der Waals surface area (Å²) in [4.78, 5) is 0. The topological polar surface area (TPSA) is 9.23 Å².